The lowest BCUT2D eigenvalue weighted by Gasteiger charge is -2.22. The fraction of sp³-hybridized carbons (Fsp3) is 0.276. The molecular formula is C29H30N2O6. The quantitative estimate of drug-likeness (QED) is 0.400. The third kappa shape index (κ3) is 6.27. The molecule has 1 aliphatic rings. The van der Waals surface area contributed by atoms with Crippen molar-refractivity contribution >= 4 is 18.2 Å². The maximum absolute atomic E-state index is 12.4. The average Bonchev–Trinajstić information content (AvgIpc) is 3.18. The second-order valence-electron chi connectivity index (χ2n) is 9.84. The summed E-state index contributed by atoms with van der Waals surface area (Å²) < 4.78 is 10.7. The maximum atomic E-state index is 12.4. The third-order valence-corrected chi connectivity index (χ3v) is 6.00. The molecule has 0 heterocycles. The van der Waals surface area contributed by atoms with E-state index in [1.165, 1.54) is 0 Å². The lowest BCUT2D eigenvalue weighted by atomic mass is 9.98. The van der Waals surface area contributed by atoms with Crippen LogP contribution in [-0.2, 0) is 20.8 Å². The van der Waals surface area contributed by atoms with Gasteiger partial charge in [0.2, 0.25) is 0 Å². The van der Waals surface area contributed by atoms with Gasteiger partial charge in [-0.2, -0.15) is 0 Å². The first-order valence-corrected chi connectivity index (χ1v) is 12.0. The van der Waals surface area contributed by atoms with Crippen molar-refractivity contribution < 1.29 is 29.0 Å². The topological polar surface area (TPSA) is 114 Å². The minimum atomic E-state index is -1.26. The van der Waals surface area contributed by atoms with Gasteiger partial charge in [-0.3, -0.25) is 0 Å². The number of rotatable bonds is 7. The number of amides is 2. The summed E-state index contributed by atoms with van der Waals surface area (Å²) in [6.45, 7) is 5.51. The highest BCUT2D eigenvalue weighted by Crippen LogP contribution is 2.44. The second kappa shape index (κ2) is 10.7. The summed E-state index contributed by atoms with van der Waals surface area (Å²) in [6, 6.07) is 21.5. The van der Waals surface area contributed by atoms with Crippen LogP contribution in [0.1, 0.15) is 55.0 Å². The lowest BCUT2D eigenvalue weighted by Crippen LogP contribution is -2.38. The van der Waals surface area contributed by atoms with Gasteiger partial charge in [-0.1, -0.05) is 72.8 Å². The number of carbonyl (C=O) groups excluding carboxylic acids is 2. The number of hydrogen-bond acceptors (Lipinski definition) is 5. The number of carboxylic acids is 1. The molecule has 0 aliphatic heterocycles. The van der Waals surface area contributed by atoms with Gasteiger partial charge in [-0.05, 0) is 54.2 Å². The zero-order valence-electron chi connectivity index (χ0n) is 21.0. The summed E-state index contributed by atoms with van der Waals surface area (Å²) in [5.41, 5.74) is 4.98. The Hall–Kier alpha value is -4.33. The minimum absolute atomic E-state index is 0.0251. The van der Waals surface area contributed by atoms with E-state index in [9.17, 15) is 19.5 Å². The summed E-state index contributed by atoms with van der Waals surface area (Å²) in [7, 11) is 0. The predicted octanol–water partition coefficient (Wildman–Crippen LogP) is 5.38. The first-order chi connectivity index (χ1) is 17.6. The van der Waals surface area contributed by atoms with Crippen LogP contribution in [-0.4, -0.2) is 35.5 Å². The molecule has 1 aliphatic carbocycles. The molecular weight excluding hydrogens is 472 g/mol. The van der Waals surface area contributed by atoms with Crippen molar-refractivity contribution in [3.05, 3.63) is 95.1 Å². The van der Waals surface area contributed by atoms with Crippen LogP contribution in [0.15, 0.2) is 72.8 Å². The van der Waals surface area contributed by atoms with Crippen molar-refractivity contribution in [1.29, 1.82) is 0 Å². The number of fused-ring (bicyclic) bond motifs is 3. The van der Waals surface area contributed by atoms with E-state index in [1.807, 2.05) is 24.3 Å². The number of carboxylic acid groups (broad SMARTS) is 1. The van der Waals surface area contributed by atoms with Gasteiger partial charge >= 0.3 is 18.2 Å². The van der Waals surface area contributed by atoms with Gasteiger partial charge in [0, 0.05) is 12.5 Å². The smallest absolute Gasteiger partial charge is 0.408 e. The van der Waals surface area contributed by atoms with Crippen molar-refractivity contribution in [3.8, 4) is 11.1 Å². The molecule has 37 heavy (non-hydrogen) atoms. The zero-order valence-corrected chi connectivity index (χ0v) is 21.0. The van der Waals surface area contributed by atoms with Crippen molar-refractivity contribution in [2.24, 2.45) is 0 Å². The van der Waals surface area contributed by atoms with Gasteiger partial charge in [0.05, 0.1) is 0 Å². The number of nitrogens with one attached hydrogen (secondary N) is 2. The highest BCUT2D eigenvalue weighted by Gasteiger charge is 2.29. The molecule has 3 aromatic rings. The largest absolute Gasteiger partial charge is 0.479 e. The molecule has 0 fully saturated rings. The van der Waals surface area contributed by atoms with Gasteiger partial charge in [0.15, 0.2) is 6.04 Å². The lowest BCUT2D eigenvalue weighted by molar-refractivity contribution is -0.139. The van der Waals surface area contributed by atoms with Crippen LogP contribution in [0.4, 0.5) is 9.59 Å². The molecule has 1 atom stereocenters. The van der Waals surface area contributed by atoms with Crippen LogP contribution < -0.4 is 10.6 Å². The molecule has 0 unspecified atom stereocenters. The van der Waals surface area contributed by atoms with Crippen LogP contribution in [0, 0.1) is 0 Å². The van der Waals surface area contributed by atoms with E-state index < -0.39 is 29.8 Å². The molecule has 0 radical (unpaired) electrons. The number of benzene rings is 3. The molecule has 192 valence electrons. The molecule has 3 N–H and O–H groups in total. The Kier molecular flexibility index (Phi) is 7.47. The van der Waals surface area contributed by atoms with Crippen molar-refractivity contribution in [2.45, 2.75) is 44.9 Å². The standard InChI is InChI=1S/C29H30N2O6/c1-29(2,3)37-28(35)31-25(26(32)33)19-14-12-18(13-15-19)16-30-27(34)36-17-24-22-10-6-4-8-20(22)21-9-5-7-11-23(21)24/h4-15,24-25H,16-17H2,1-3H3,(H,30,34)(H,31,35)(H,32,33)/t25-/m0/s1. The SMILES string of the molecule is CC(C)(C)OC(=O)N[C@H](C(=O)O)c1ccc(CNC(=O)OCC2c3ccccc3-c3ccccc32)cc1. The van der Waals surface area contributed by atoms with E-state index in [0.29, 0.717) is 5.56 Å². The molecule has 0 spiro atoms. The molecule has 2 amide bonds. The number of carbonyl (C=O) groups is 3. The van der Waals surface area contributed by atoms with Crippen molar-refractivity contribution in [1.82, 2.24) is 10.6 Å². The van der Waals surface area contributed by atoms with E-state index >= 15 is 0 Å². The van der Waals surface area contributed by atoms with E-state index in [2.05, 4.69) is 34.9 Å². The number of hydrogen-bond donors (Lipinski definition) is 3. The normalized spacial score (nSPS) is 13.2. The van der Waals surface area contributed by atoms with Gasteiger partial charge in [0.1, 0.15) is 12.2 Å². The van der Waals surface area contributed by atoms with E-state index in [-0.39, 0.29) is 19.1 Å². The molecule has 4 rings (SSSR count). The predicted molar refractivity (Wildman–Crippen MR) is 138 cm³/mol. The zero-order chi connectivity index (χ0) is 26.6. The highest BCUT2D eigenvalue weighted by molar-refractivity contribution is 5.81. The summed E-state index contributed by atoms with van der Waals surface area (Å²) in [5.74, 6) is -1.24. The van der Waals surface area contributed by atoms with Crippen LogP contribution >= 0.6 is 0 Å². The molecule has 0 bridgehead atoms. The first kappa shape index (κ1) is 25.8. The number of aliphatic carboxylic acids is 1. The summed E-state index contributed by atoms with van der Waals surface area (Å²) in [6.07, 6.45) is -1.36. The Labute approximate surface area is 215 Å². The highest BCUT2D eigenvalue weighted by atomic mass is 16.6. The van der Waals surface area contributed by atoms with Crippen molar-refractivity contribution in [3.63, 3.8) is 0 Å². The Morgan fingerprint density at radius 3 is 1.97 bits per heavy atom. The van der Waals surface area contributed by atoms with E-state index in [1.54, 1.807) is 45.0 Å². The second-order valence-corrected chi connectivity index (χ2v) is 9.84. The fourth-order valence-corrected chi connectivity index (χ4v) is 4.36. The first-order valence-electron chi connectivity index (χ1n) is 12.0. The fourth-order valence-electron chi connectivity index (χ4n) is 4.36. The Morgan fingerprint density at radius 1 is 0.865 bits per heavy atom. The van der Waals surface area contributed by atoms with Crippen LogP contribution in [0.3, 0.4) is 0 Å². The molecule has 8 heteroatoms. The molecule has 0 aromatic heterocycles. The maximum Gasteiger partial charge on any atom is 0.408 e. The number of alkyl carbamates (subject to hydrolysis) is 2. The Bertz CT molecular complexity index is 1250. The average molecular weight is 503 g/mol. The molecule has 3 aromatic carbocycles. The van der Waals surface area contributed by atoms with E-state index in [0.717, 1.165) is 27.8 Å². The van der Waals surface area contributed by atoms with Gasteiger partial charge in [0.25, 0.3) is 0 Å². The summed E-state index contributed by atoms with van der Waals surface area (Å²) in [4.78, 5) is 36.1. The van der Waals surface area contributed by atoms with Crippen LogP contribution in [0.5, 0.6) is 0 Å². The Balaban J connectivity index is 1.32. The number of ether oxygens (including phenoxy) is 2. The van der Waals surface area contributed by atoms with Crippen molar-refractivity contribution in [2.75, 3.05) is 6.61 Å². The molecule has 0 saturated heterocycles. The van der Waals surface area contributed by atoms with E-state index in [4.69, 9.17) is 9.47 Å². The monoisotopic (exact) mass is 502 g/mol. The Morgan fingerprint density at radius 2 is 1.43 bits per heavy atom. The van der Waals surface area contributed by atoms with Crippen LogP contribution in [0.2, 0.25) is 0 Å². The van der Waals surface area contributed by atoms with Gasteiger partial charge < -0.3 is 25.2 Å². The minimum Gasteiger partial charge on any atom is -0.479 e. The summed E-state index contributed by atoms with van der Waals surface area (Å²) >= 11 is 0. The third-order valence-electron chi connectivity index (χ3n) is 6.00. The molecule has 0 saturated carbocycles. The molecule has 8 nitrogen and oxygen atoms in total. The summed E-state index contributed by atoms with van der Waals surface area (Å²) in [5, 5.41) is 14.6. The van der Waals surface area contributed by atoms with Gasteiger partial charge in [-0.15, -0.1) is 0 Å². The van der Waals surface area contributed by atoms with Crippen LogP contribution in [0.25, 0.3) is 11.1 Å². The van der Waals surface area contributed by atoms with Gasteiger partial charge in [-0.25, -0.2) is 14.4 Å².